The third kappa shape index (κ3) is 6.07. The van der Waals surface area contributed by atoms with E-state index in [-0.39, 0.29) is 5.75 Å². The Morgan fingerprint density at radius 2 is 1.62 bits per heavy atom. The molecule has 34 heavy (non-hydrogen) atoms. The molecule has 0 bridgehead atoms. The predicted octanol–water partition coefficient (Wildman–Crippen LogP) is 3.93. The lowest BCUT2D eigenvalue weighted by atomic mass is 10.1. The van der Waals surface area contributed by atoms with E-state index in [1.54, 1.807) is 36.4 Å². The Hall–Kier alpha value is -4.46. The summed E-state index contributed by atoms with van der Waals surface area (Å²) < 4.78 is 10.8. The minimum atomic E-state index is -0.909. The van der Waals surface area contributed by atoms with E-state index in [1.807, 2.05) is 45.0 Å². The van der Waals surface area contributed by atoms with Gasteiger partial charge in [-0.25, -0.2) is 10.2 Å². The number of nitrogens with one attached hydrogen (secondary N) is 2. The molecule has 0 atom stereocenters. The summed E-state index contributed by atoms with van der Waals surface area (Å²) in [6.45, 7) is 5.55. The van der Waals surface area contributed by atoms with Crippen molar-refractivity contribution in [2.24, 2.45) is 5.10 Å². The zero-order valence-electron chi connectivity index (χ0n) is 19.3. The number of aryl methyl sites for hydroxylation is 3. The van der Waals surface area contributed by atoms with Gasteiger partial charge in [0.15, 0.2) is 11.5 Å². The predicted molar refractivity (Wildman–Crippen MR) is 129 cm³/mol. The number of esters is 1. The first-order chi connectivity index (χ1) is 16.3. The van der Waals surface area contributed by atoms with Gasteiger partial charge in [-0.05, 0) is 73.4 Å². The molecule has 0 heterocycles. The quantitative estimate of drug-likeness (QED) is 0.191. The van der Waals surface area contributed by atoms with Crippen LogP contribution >= 0.6 is 0 Å². The Morgan fingerprint density at radius 3 is 2.35 bits per heavy atom. The molecule has 0 aliphatic heterocycles. The molecule has 8 heteroatoms. The molecule has 0 fully saturated rings. The Morgan fingerprint density at radius 1 is 0.853 bits per heavy atom. The van der Waals surface area contributed by atoms with Crippen molar-refractivity contribution >= 4 is 29.7 Å². The first kappa shape index (κ1) is 24.2. The van der Waals surface area contributed by atoms with Gasteiger partial charge in [0.25, 0.3) is 0 Å². The summed E-state index contributed by atoms with van der Waals surface area (Å²) in [7, 11) is 1.45. The molecule has 0 aliphatic carbocycles. The van der Waals surface area contributed by atoms with Crippen LogP contribution in [0.15, 0.2) is 65.8 Å². The third-order valence-electron chi connectivity index (χ3n) is 4.98. The van der Waals surface area contributed by atoms with Crippen LogP contribution in [0.3, 0.4) is 0 Å². The summed E-state index contributed by atoms with van der Waals surface area (Å²) in [5.74, 6) is -1.69. The number of hydrogen-bond acceptors (Lipinski definition) is 6. The molecule has 8 nitrogen and oxygen atoms in total. The second kappa shape index (κ2) is 10.9. The molecule has 0 aromatic heterocycles. The van der Waals surface area contributed by atoms with Crippen molar-refractivity contribution in [2.75, 3.05) is 12.4 Å². The normalized spacial score (nSPS) is 10.6. The van der Waals surface area contributed by atoms with E-state index in [0.29, 0.717) is 22.6 Å². The van der Waals surface area contributed by atoms with Crippen LogP contribution in [-0.2, 0) is 9.59 Å². The maximum Gasteiger partial charge on any atom is 0.343 e. The van der Waals surface area contributed by atoms with E-state index in [1.165, 1.54) is 13.3 Å². The number of anilines is 1. The fourth-order valence-electron chi connectivity index (χ4n) is 3.07. The average Bonchev–Trinajstić information content (AvgIpc) is 2.82. The molecular formula is C26H25N3O5. The van der Waals surface area contributed by atoms with Crippen molar-refractivity contribution in [3.8, 4) is 11.5 Å². The lowest BCUT2D eigenvalue weighted by Gasteiger charge is -2.11. The second-order valence-corrected chi connectivity index (χ2v) is 7.59. The maximum atomic E-state index is 12.5. The van der Waals surface area contributed by atoms with Crippen LogP contribution in [0.25, 0.3) is 0 Å². The van der Waals surface area contributed by atoms with E-state index in [9.17, 15) is 14.4 Å². The number of carbonyl (C=O) groups is 3. The fourth-order valence-corrected chi connectivity index (χ4v) is 3.07. The number of amides is 2. The molecule has 3 rings (SSSR count). The number of nitrogens with zero attached hydrogens (tertiary/aromatic N) is 1. The molecule has 2 N–H and O–H groups in total. The molecule has 0 aliphatic rings. The van der Waals surface area contributed by atoms with Gasteiger partial charge in [-0.2, -0.15) is 5.10 Å². The van der Waals surface area contributed by atoms with Crippen molar-refractivity contribution in [2.45, 2.75) is 20.8 Å². The van der Waals surface area contributed by atoms with Crippen LogP contribution in [0.1, 0.15) is 32.6 Å². The van der Waals surface area contributed by atoms with Crippen LogP contribution in [0.2, 0.25) is 0 Å². The van der Waals surface area contributed by atoms with Gasteiger partial charge in [0.2, 0.25) is 0 Å². The van der Waals surface area contributed by atoms with Crippen LogP contribution in [0, 0.1) is 20.8 Å². The second-order valence-electron chi connectivity index (χ2n) is 7.59. The number of hydrazone groups is 1. The van der Waals surface area contributed by atoms with E-state index in [0.717, 1.165) is 16.7 Å². The fraction of sp³-hybridized carbons (Fsp3) is 0.154. The number of benzene rings is 3. The van der Waals surface area contributed by atoms with Crippen molar-refractivity contribution in [3.63, 3.8) is 0 Å². The zero-order valence-corrected chi connectivity index (χ0v) is 19.3. The molecule has 0 unspecified atom stereocenters. The van der Waals surface area contributed by atoms with Gasteiger partial charge < -0.3 is 14.8 Å². The lowest BCUT2D eigenvalue weighted by Crippen LogP contribution is -2.32. The van der Waals surface area contributed by atoms with Crippen molar-refractivity contribution < 1.29 is 23.9 Å². The molecule has 0 radical (unpaired) electrons. The van der Waals surface area contributed by atoms with Crippen LogP contribution < -0.4 is 20.2 Å². The van der Waals surface area contributed by atoms with E-state index in [4.69, 9.17) is 9.47 Å². The summed E-state index contributed by atoms with van der Waals surface area (Å²) in [6.07, 6.45) is 1.35. The zero-order chi connectivity index (χ0) is 24.7. The summed E-state index contributed by atoms with van der Waals surface area (Å²) >= 11 is 0. The minimum Gasteiger partial charge on any atom is -0.493 e. The first-order valence-electron chi connectivity index (χ1n) is 10.5. The van der Waals surface area contributed by atoms with E-state index >= 15 is 0 Å². The Labute approximate surface area is 197 Å². The molecule has 0 spiro atoms. The van der Waals surface area contributed by atoms with Gasteiger partial charge in [0, 0.05) is 5.69 Å². The summed E-state index contributed by atoms with van der Waals surface area (Å²) in [5.41, 5.74) is 6.36. The number of rotatable bonds is 6. The largest absolute Gasteiger partial charge is 0.493 e. The topological polar surface area (TPSA) is 106 Å². The highest BCUT2D eigenvalue weighted by atomic mass is 16.6. The molecular weight excluding hydrogens is 434 g/mol. The van der Waals surface area contributed by atoms with Gasteiger partial charge in [-0.3, -0.25) is 9.59 Å². The highest BCUT2D eigenvalue weighted by Crippen LogP contribution is 2.28. The van der Waals surface area contributed by atoms with E-state index in [2.05, 4.69) is 15.8 Å². The first-order valence-corrected chi connectivity index (χ1v) is 10.5. The molecule has 0 saturated carbocycles. The lowest BCUT2D eigenvalue weighted by molar-refractivity contribution is -0.136. The number of ether oxygens (including phenoxy) is 2. The molecule has 3 aromatic rings. The Balaban J connectivity index is 1.63. The van der Waals surface area contributed by atoms with Crippen LogP contribution in [0.5, 0.6) is 11.5 Å². The Bertz CT molecular complexity index is 1270. The average molecular weight is 460 g/mol. The Kier molecular flexibility index (Phi) is 7.76. The highest BCUT2D eigenvalue weighted by Gasteiger charge is 2.16. The van der Waals surface area contributed by atoms with Crippen LogP contribution in [0.4, 0.5) is 5.69 Å². The van der Waals surface area contributed by atoms with Crippen molar-refractivity contribution in [1.29, 1.82) is 0 Å². The highest BCUT2D eigenvalue weighted by molar-refractivity contribution is 6.39. The molecule has 0 saturated heterocycles. The maximum absolute atomic E-state index is 12.5. The molecule has 3 aromatic carbocycles. The number of methoxy groups -OCH3 is 1. The standard InChI is InChI=1S/C26H25N3O5/c1-16-9-10-18(3)21(13-16)28-24(30)25(31)29-27-15-19-11-12-22(23(14-19)33-4)34-26(32)20-8-6-5-7-17(20)2/h5-15H,1-4H3,(H,28,30)(H,29,31). The minimum absolute atomic E-state index is 0.241. The van der Waals surface area contributed by atoms with Gasteiger partial charge in [0.1, 0.15) is 0 Å². The van der Waals surface area contributed by atoms with Gasteiger partial charge >= 0.3 is 17.8 Å². The van der Waals surface area contributed by atoms with Gasteiger partial charge in [-0.1, -0.05) is 30.3 Å². The number of hydrogen-bond donors (Lipinski definition) is 2. The summed E-state index contributed by atoms with van der Waals surface area (Å²) in [4.78, 5) is 36.7. The van der Waals surface area contributed by atoms with Crippen molar-refractivity contribution in [3.05, 3.63) is 88.5 Å². The molecule has 2 amide bonds. The van der Waals surface area contributed by atoms with Crippen LogP contribution in [-0.4, -0.2) is 31.1 Å². The molecule has 174 valence electrons. The summed E-state index contributed by atoms with van der Waals surface area (Å²) in [5, 5.41) is 6.39. The SMILES string of the molecule is COc1cc(C=NNC(=O)C(=O)Nc2cc(C)ccc2C)ccc1OC(=O)c1ccccc1C. The summed E-state index contributed by atoms with van der Waals surface area (Å²) in [6, 6.07) is 17.4. The van der Waals surface area contributed by atoms with Gasteiger partial charge in [0.05, 0.1) is 18.9 Å². The third-order valence-corrected chi connectivity index (χ3v) is 4.98. The van der Waals surface area contributed by atoms with E-state index < -0.39 is 17.8 Å². The van der Waals surface area contributed by atoms with Gasteiger partial charge in [-0.15, -0.1) is 0 Å². The van der Waals surface area contributed by atoms with Crippen molar-refractivity contribution in [1.82, 2.24) is 5.43 Å². The smallest absolute Gasteiger partial charge is 0.343 e. The monoisotopic (exact) mass is 459 g/mol. The number of carbonyl (C=O) groups excluding carboxylic acids is 3.